The number of hydrogen-bond acceptors (Lipinski definition) is 6. The van der Waals surface area contributed by atoms with Crippen LogP contribution in [0.3, 0.4) is 0 Å². The van der Waals surface area contributed by atoms with Crippen molar-refractivity contribution in [3.8, 4) is 22.3 Å². The van der Waals surface area contributed by atoms with Gasteiger partial charge in [-0.3, -0.25) is 9.11 Å². The summed E-state index contributed by atoms with van der Waals surface area (Å²) in [5, 5.41) is 1.30. The van der Waals surface area contributed by atoms with Gasteiger partial charge < -0.3 is 17.0 Å². The van der Waals surface area contributed by atoms with Gasteiger partial charge in [-0.1, -0.05) is 103 Å². The number of rotatable bonds is 6. The van der Waals surface area contributed by atoms with Crippen LogP contribution >= 0.6 is 0 Å². The van der Waals surface area contributed by atoms with Crippen LogP contribution in [0.1, 0.15) is 0 Å². The minimum atomic E-state index is -5.19. The van der Waals surface area contributed by atoms with E-state index in [1.807, 2.05) is 30.3 Å². The van der Waals surface area contributed by atoms with Crippen molar-refractivity contribution in [2.24, 2.45) is 0 Å². The number of nitrogens with zero attached hydrogens (tertiary/aromatic N) is 2. The molecule has 0 spiro atoms. The lowest BCUT2D eigenvalue weighted by Gasteiger charge is -2.22. The van der Waals surface area contributed by atoms with Crippen molar-refractivity contribution >= 4 is 64.5 Å². The van der Waals surface area contributed by atoms with Crippen LogP contribution in [-0.2, 0) is 20.2 Å². The van der Waals surface area contributed by atoms with E-state index in [1.165, 1.54) is 12.1 Å². The zero-order valence-corrected chi connectivity index (χ0v) is 24.4. The minimum absolute atomic E-state index is 0.109. The lowest BCUT2D eigenvalue weighted by Crippen LogP contribution is -2.15. The molecule has 12 heteroatoms. The number of fused-ring (bicyclic) bond motifs is 2. The Balaban J connectivity index is 1.88. The fourth-order valence-corrected chi connectivity index (χ4v) is 7.24. The van der Waals surface area contributed by atoms with E-state index in [1.54, 1.807) is 66.7 Å². The van der Waals surface area contributed by atoms with Crippen molar-refractivity contribution < 1.29 is 25.9 Å². The highest BCUT2D eigenvalue weighted by Crippen LogP contribution is 2.50. The number of nitrogen functional groups attached to an aromatic ring is 2. The molecular formula is C32H24N4O6S2. The SMILES string of the molecule is [N-]=[N+](c1cc2ccccc2c(N)c1S(=O)(=O)O)c1c(S(=O)(=O)O)c(N)c2cccc(-c3ccccc3)c2c1-c1ccccc1. The van der Waals surface area contributed by atoms with E-state index in [-0.39, 0.29) is 26.7 Å². The Kier molecular flexibility index (Phi) is 6.94. The van der Waals surface area contributed by atoms with Gasteiger partial charge in [-0.15, -0.1) is 0 Å². The van der Waals surface area contributed by atoms with Gasteiger partial charge in [0.1, 0.15) is 0 Å². The van der Waals surface area contributed by atoms with Gasteiger partial charge in [0.15, 0.2) is 9.79 Å². The molecule has 0 aliphatic carbocycles. The molecule has 6 N–H and O–H groups in total. The molecule has 0 heterocycles. The van der Waals surface area contributed by atoms with E-state index in [0.29, 0.717) is 21.9 Å². The van der Waals surface area contributed by atoms with Crippen molar-refractivity contribution in [3.63, 3.8) is 0 Å². The van der Waals surface area contributed by atoms with Crippen LogP contribution in [0.25, 0.3) is 49.3 Å². The van der Waals surface area contributed by atoms with Gasteiger partial charge in [-0.05, 0) is 22.1 Å². The molecule has 0 atom stereocenters. The van der Waals surface area contributed by atoms with E-state index in [9.17, 15) is 31.5 Å². The summed E-state index contributed by atoms with van der Waals surface area (Å²) < 4.78 is 72.9. The first kappa shape index (κ1) is 29.0. The maximum atomic E-state index is 13.1. The molecule has 0 fully saturated rings. The fourth-order valence-electron chi connectivity index (χ4n) is 5.63. The van der Waals surface area contributed by atoms with Gasteiger partial charge in [0.2, 0.25) is 11.4 Å². The first-order chi connectivity index (χ1) is 20.9. The quantitative estimate of drug-likeness (QED) is 0.0671. The number of nitrogens with two attached hydrogens (primary N) is 2. The van der Waals surface area contributed by atoms with Crippen molar-refractivity contribution in [1.82, 2.24) is 4.70 Å². The molecule has 6 aromatic carbocycles. The minimum Gasteiger partial charge on any atom is -0.493 e. The van der Waals surface area contributed by atoms with Crippen LogP contribution in [0.15, 0.2) is 119 Å². The van der Waals surface area contributed by atoms with E-state index < -0.39 is 47.1 Å². The van der Waals surface area contributed by atoms with E-state index >= 15 is 0 Å². The van der Waals surface area contributed by atoms with Crippen LogP contribution in [0, 0.1) is 0 Å². The Morgan fingerprint density at radius 1 is 0.614 bits per heavy atom. The molecule has 0 saturated carbocycles. The second-order valence-corrected chi connectivity index (χ2v) is 12.8. The van der Waals surface area contributed by atoms with Crippen LogP contribution in [0.5, 0.6) is 0 Å². The van der Waals surface area contributed by atoms with Gasteiger partial charge in [-0.25, -0.2) is 4.70 Å². The van der Waals surface area contributed by atoms with Crippen molar-refractivity contribution in [2.45, 2.75) is 9.79 Å². The molecule has 0 aliphatic heterocycles. The molecule has 6 rings (SSSR count). The summed E-state index contributed by atoms with van der Waals surface area (Å²) in [6, 6.07) is 30.3. The molecule has 44 heavy (non-hydrogen) atoms. The van der Waals surface area contributed by atoms with Crippen LogP contribution in [-0.4, -0.2) is 25.9 Å². The summed E-state index contributed by atoms with van der Waals surface area (Å²) in [7, 11) is -10.3. The second-order valence-electron chi connectivity index (χ2n) is 10.0. The van der Waals surface area contributed by atoms with Crippen molar-refractivity contribution in [3.05, 3.63) is 115 Å². The summed E-state index contributed by atoms with van der Waals surface area (Å²) in [6.45, 7) is 0. The summed E-state index contributed by atoms with van der Waals surface area (Å²) in [5.74, 6) is 0. The Bertz CT molecular complexity index is 2360. The van der Waals surface area contributed by atoms with E-state index in [0.717, 1.165) is 5.56 Å². The number of anilines is 2. The number of hydrogen-bond donors (Lipinski definition) is 4. The zero-order valence-electron chi connectivity index (χ0n) is 22.8. The van der Waals surface area contributed by atoms with Gasteiger partial charge in [0, 0.05) is 22.2 Å². The first-order valence-electron chi connectivity index (χ1n) is 13.1. The summed E-state index contributed by atoms with van der Waals surface area (Å²) in [5.41, 5.74) is 24.7. The van der Waals surface area contributed by atoms with Crippen molar-refractivity contribution in [2.75, 3.05) is 11.5 Å². The maximum absolute atomic E-state index is 13.1. The maximum Gasteiger partial charge on any atom is 0.303 e. The third-order valence-corrected chi connectivity index (χ3v) is 9.30. The van der Waals surface area contributed by atoms with Gasteiger partial charge in [0.05, 0.1) is 16.9 Å². The molecule has 10 nitrogen and oxygen atoms in total. The topological polar surface area (TPSA) is 186 Å². The zero-order chi connectivity index (χ0) is 31.4. The van der Waals surface area contributed by atoms with Gasteiger partial charge in [-0.2, -0.15) is 16.8 Å². The molecule has 0 radical (unpaired) electrons. The Morgan fingerprint density at radius 3 is 1.75 bits per heavy atom. The average Bonchev–Trinajstić information content (AvgIpc) is 3.00. The molecule has 0 bridgehead atoms. The normalized spacial score (nSPS) is 12.0. The summed E-state index contributed by atoms with van der Waals surface area (Å²) in [6.07, 6.45) is 0. The van der Waals surface area contributed by atoms with E-state index in [4.69, 9.17) is 11.5 Å². The monoisotopic (exact) mass is 624 g/mol. The predicted molar refractivity (Wildman–Crippen MR) is 172 cm³/mol. The molecule has 0 saturated heterocycles. The predicted octanol–water partition coefficient (Wildman–Crippen LogP) is 6.84. The molecular weight excluding hydrogens is 601 g/mol. The summed E-state index contributed by atoms with van der Waals surface area (Å²) >= 11 is 0. The van der Waals surface area contributed by atoms with Crippen LogP contribution in [0.4, 0.5) is 22.7 Å². The third-order valence-electron chi connectivity index (χ3n) is 7.42. The highest BCUT2D eigenvalue weighted by atomic mass is 32.2. The molecule has 0 unspecified atom stereocenters. The fraction of sp³-hybridized carbons (Fsp3) is 0. The number of benzene rings is 6. The Labute approximate surface area is 252 Å². The van der Waals surface area contributed by atoms with Crippen LogP contribution in [0.2, 0.25) is 0 Å². The standard InChI is InChI=1S/C32H24N4O6S2/c33-28-23-15-8-7-14-21(23)18-25(31(28)43(37,38)39)36(35)30-26(20-12-5-2-6-13-20)27-22(19-10-3-1-4-11-19)16-9-17-24(27)29(34)32(30)44(40,41)42/h1-18H,33-34H2,(H,37,38,39)(H,40,41,42). The smallest absolute Gasteiger partial charge is 0.303 e. The molecule has 6 aromatic rings. The van der Waals surface area contributed by atoms with Gasteiger partial charge in [0.25, 0.3) is 0 Å². The van der Waals surface area contributed by atoms with E-state index in [2.05, 4.69) is 0 Å². The van der Waals surface area contributed by atoms with Gasteiger partial charge >= 0.3 is 20.2 Å². The largest absolute Gasteiger partial charge is 0.493 e. The lowest BCUT2D eigenvalue weighted by molar-refractivity contribution is 0.482. The van der Waals surface area contributed by atoms with Crippen molar-refractivity contribution in [1.29, 1.82) is 0 Å². The Hall–Kier alpha value is -5.14. The molecule has 0 aromatic heterocycles. The summed E-state index contributed by atoms with van der Waals surface area (Å²) in [4.78, 5) is -1.74. The van der Waals surface area contributed by atoms with Crippen LogP contribution < -0.4 is 16.2 Å². The average molecular weight is 625 g/mol. The highest BCUT2D eigenvalue weighted by Gasteiger charge is 2.37. The first-order valence-corrected chi connectivity index (χ1v) is 16.0. The molecule has 0 aliphatic rings. The second kappa shape index (κ2) is 10.5. The molecule has 0 amide bonds. The highest BCUT2D eigenvalue weighted by molar-refractivity contribution is 7.86. The lowest BCUT2D eigenvalue weighted by atomic mass is 9.89. The molecule has 220 valence electrons. The Morgan fingerprint density at radius 2 is 1.14 bits per heavy atom. The third kappa shape index (κ3) is 4.75.